The molecule has 2 atom stereocenters. The lowest BCUT2D eigenvalue weighted by Gasteiger charge is -2.16. The lowest BCUT2D eigenvalue weighted by Crippen LogP contribution is -2.26. The van der Waals surface area contributed by atoms with Crippen LogP contribution >= 0.6 is 0 Å². The Morgan fingerprint density at radius 2 is 2.57 bits per heavy atom. The molecule has 2 heterocycles. The molecule has 3 heteroatoms. The molecule has 2 rings (SSSR count). The molecule has 14 heavy (non-hydrogen) atoms. The van der Waals surface area contributed by atoms with E-state index in [0.717, 1.165) is 18.5 Å². The highest BCUT2D eigenvalue weighted by Gasteiger charge is 2.17. The third kappa shape index (κ3) is 2.30. The predicted molar refractivity (Wildman–Crippen MR) is 56.8 cm³/mol. The third-order valence-corrected chi connectivity index (χ3v) is 2.81. The summed E-state index contributed by atoms with van der Waals surface area (Å²) >= 11 is 0. The maximum Gasteiger partial charge on any atom is 0.0325 e. The molecular formula is C11H17N3. The molecule has 1 aliphatic rings. The molecule has 0 saturated carbocycles. The summed E-state index contributed by atoms with van der Waals surface area (Å²) in [5.74, 6) is 0. The van der Waals surface area contributed by atoms with E-state index < -0.39 is 0 Å². The van der Waals surface area contributed by atoms with Gasteiger partial charge in [0.15, 0.2) is 0 Å². The zero-order chi connectivity index (χ0) is 9.80. The second kappa shape index (κ2) is 4.53. The molecule has 3 nitrogen and oxygen atoms in total. The molecule has 1 saturated heterocycles. The Morgan fingerprint density at radius 3 is 3.21 bits per heavy atom. The minimum Gasteiger partial charge on any atom is -0.324 e. The highest BCUT2D eigenvalue weighted by molar-refractivity contribution is 5.13. The maximum absolute atomic E-state index is 6.09. The second-order valence-electron chi connectivity index (χ2n) is 3.92. The van der Waals surface area contributed by atoms with Crippen molar-refractivity contribution in [2.45, 2.75) is 31.3 Å². The number of aromatic nitrogens is 1. The van der Waals surface area contributed by atoms with Crippen LogP contribution in [-0.4, -0.2) is 17.6 Å². The molecular weight excluding hydrogens is 174 g/mol. The third-order valence-electron chi connectivity index (χ3n) is 2.81. The Labute approximate surface area is 84.7 Å². The van der Waals surface area contributed by atoms with Crippen LogP contribution < -0.4 is 11.1 Å². The Hall–Kier alpha value is -0.930. The number of nitrogens with one attached hydrogen (secondary N) is 1. The fraction of sp³-hybridized carbons (Fsp3) is 0.545. The van der Waals surface area contributed by atoms with E-state index in [1.54, 1.807) is 6.20 Å². The first-order valence-electron chi connectivity index (χ1n) is 5.25. The minimum absolute atomic E-state index is 0.124. The summed E-state index contributed by atoms with van der Waals surface area (Å²) in [5, 5.41) is 3.46. The van der Waals surface area contributed by atoms with Gasteiger partial charge in [-0.15, -0.1) is 0 Å². The van der Waals surface area contributed by atoms with Gasteiger partial charge in [0.05, 0.1) is 0 Å². The number of rotatable bonds is 3. The first kappa shape index (κ1) is 9.62. The van der Waals surface area contributed by atoms with Gasteiger partial charge in [-0.05, 0) is 37.4 Å². The zero-order valence-electron chi connectivity index (χ0n) is 8.32. The van der Waals surface area contributed by atoms with Crippen molar-refractivity contribution in [2.75, 3.05) is 6.54 Å². The Kier molecular flexibility index (Phi) is 3.11. The van der Waals surface area contributed by atoms with Gasteiger partial charge in [-0.1, -0.05) is 6.07 Å². The largest absolute Gasteiger partial charge is 0.324 e. The summed E-state index contributed by atoms with van der Waals surface area (Å²) in [5.41, 5.74) is 7.23. The molecule has 0 radical (unpaired) electrons. The van der Waals surface area contributed by atoms with Crippen molar-refractivity contribution < 1.29 is 0 Å². The van der Waals surface area contributed by atoms with Gasteiger partial charge in [0.1, 0.15) is 0 Å². The summed E-state index contributed by atoms with van der Waals surface area (Å²) in [7, 11) is 0. The van der Waals surface area contributed by atoms with Crippen LogP contribution in [0.5, 0.6) is 0 Å². The van der Waals surface area contributed by atoms with Gasteiger partial charge in [-0.3, -0.25) is 4.98 Å². The molecule has 1 aromatic rings. The molecule has 1 aliphatic heterocycles. The lowest BCUT2D eigenvalue weighted by molar-refractivity contribution is 0.498. The smallest absolute Gasteiger partial charge is 0.0325 e. The molecule has 1 fully saturated rings. The number of nitrogens with zero attached hydrogens (tertiary/aromatic N) is 1. The summed E-state index contributed by atoms with van der Waals surface area (Å²) in [6.07, 6.45) is 7.20. The molecule has 0 spiro atoms. The molecule has 76 valence electrons. The van der Waals surface area contributed by atoms with E-state index >= 15 is 0 Å². The van der Waals surface area contributed by atoms with E-state index in [2.05, 4.69) is 10.3 Å². The van der Waals surface area contributed by atoms with Crippen LogP contribution in [-0.2, 0) is 0 Å². The van der Waals surface area contributed by atoms with Crippen LogP contribution in [0.25, 0.3) is 0 Å². The fourth-order valence-corrected chi connectivity index (χ4v) is 2.00. The number of hydrogen-bond acceptors (Lipinski definition) is 3. The van der Waals surface area contributed by atoms with E-state index in [9.17, 15) is 0 Å². The molecule has 2 unspecified atom stereocenters. The van der Waals surface area contributed by atoms with Gasteiger partial charge in [0.25, 0.3) is 0 Å². The summed E-state index contributed by atoms with van der Waals surface area (Å²) in [4.78, 5) is 4.08. The van der Waals surface area contributed by atoms with Crippen molar-refractivity contribution in [1.29, 1.82) is 0 Å². The van der Waals surface area contributed by atoms with E-state index in [1.807, 2.05) is 18.3 Å². The van der Waals surface area contributed by atoms with Crippen molar-refractivity contribution in [3.63, 3.8) is 0 Å². The van der Waals surface area contributed by atoms with E-state index in [0.29, 0.717) is 6.04 Å². The van der Waals surface area contributed by atoms with Gasteiger partial charge < -0.3 is 11.1 Å². The predicted octanol–water partition coefficient (Wildman–Crippen LogP) is 1.22. The maximum atomic E-state index is 6.09. The van der Waals surface area contributed by atoms with Crippen LogP contribution in [0.2, 0.25) is 0 Å². The Morgan fingerprint density at radius 1 is 1.64 bits per heavy atom. The van der Waals surface area contributed by atoms with E-state index in [-0.39, 0.29) is 6.04 Å². The second-order valence-corrected chi connectivity index (χ2v) is 3.92. The van der Waals surface area contributed by atoms with Gasteiger partial charge in [-0.25, -0.2) is 0 Å². The van der Waals surface area contributed by atoms with Gasteiger partial charge in [0, 0.05) is 24.5 Å². The Balaban J connectivity index is 1.92. The molecule has 0 bridgehead atoms. The van der Waals surface area contributed by atoms with Gasteiger partial charge in [0.2, 0.25) is 0 Å². The van der Waals surface area contributed by atoms with E-state index in [1.165, 1.54) is 12.8 Å². The normalized spacial score (nSPS) is 23.6. The van der Waals surface area contributed by atoms with Crippen LogP contribution in [0, 0.1) is 0 Å². The van der Waals surface area contributed by atoms with Gasteiger partial charge >= 0.3 is 0 Å². The highest BCUT2D eigenvalue weighted by Crippen LogP contribution is 2.18. The molecule has 0 amide bonds. The summed E-state index contributed by atoms with van der Waals surface area (Å²) in [6, 6.07) is 4.72. The number of pyridine rings is 1. The minimum atomic E-state index is 0.124. The van der Waals surface area contributed by atoms with Crippen molar-refractivity contribution in [3.8, 4) is 0 Å². The Bertz CT molecular complexity index is 267. The van der Waals surface area contributed by atoms with Crippen LogP contribution in [0.3, 0.4) is 0 Å². The standard InChI is InChI=1S/C11H17N3/c12-11(7-10-4-2-6-14-10)9-3-1-5-13-8-9/h1,3,5,8,10-11,14H,2,4,6-7,12H2. The number of hydrogen-bond donors (Lipinski definition) is 2. The topological polar surface area (TPSA) is 50.9 Å². The summed E-state index contributed by atoms with van der Waals surface area (Å²) < 4.78 is 0. The van der Waals surface area contributed by atoms with E-state index in [4.69, 9.17) is 5.73 Å². The van der Waals surface area contributed by atoms with Crippen molar-refractivity contribution in [1.82, 2.24) is 10.3 Å². The van der Waals surface area contributed by atoms with Crippen LogP contribution in [0.4, 0.5) is 0 Å². The number of nitrogens with two attached hydrogens (primary N) is 1. The van der Waals surface area contributed by atoms with Crippen molar-refractivity contribution in [3.05, 3.63) is 30.1 Å². The average Bonchev–Trinajstić information content (AvgIpc) is 2.72. The van der Waals surface area contributed by atoms with Crippen molar-refractivity contribution >= 4 is 0 Å². The molecule has 0 aliphatic carbocycles. The highest BCUT2D eigenvalue weighted by atomic mass is 14.9. The lowest BCUT2D eigenvalue weighted by atomic mass is 10.0. The molecule has 0 aromatic carbocycles. The first-order chi connectivity index (χ1) is 6.86. The zero-order valence-corrected chi connectivity index (χ0v) is 8.32. The summed E-state index contributed by atoms with van der Waals surface area (Å²) in [6.45, 7) is 1.14. The van der Waals surface area contributed by atoms with Crippen LogP contribution in [0.1, 0.15) is 30.9 Å². The SMILES string of the molecule is NC(CC1CCCN1)c1cccnc1. The fourth-order valence-electron chi connectivity index (χ4n) is 2.00. The molecule has 3 N–H and O–H groups in total. The first-order valence-corrected chi connectivity index (χ1v) is 5.25. The average molecular weight is 191 g/mol. The quantitative estimate of drug-likeness (QED) is 0.755. The van der Waals surface area contributed by atoms with Gasteiger partial charge in [-0.2, -0.15) is 0 Å². The monoisotopic (exact) mass is 191 g/mol. The molecule has 1 aromatic heterocycles. The van der Waals surface area contributed by atoms with Crippen LogP contribution in [0.15, 0.2) is 24.5 Å². The van der Waals surface area contributed by atoms with Crippen molar-refractivity contribution in [2.24, 2.45) is 5.73 Å².